The van der Waals surface area contributed by atoms with Crippen LogP contribution in [0.3, 0.4) is 0 Å². The van der Waals surface area contributed by atoms with Crippen molar-refractivity contribution < 1.29 is 14.3 Å². The molecule has 1 N–H and O–H groups in total. The molecule has 1 unspecified atom stereocenters. The number of morpholine rings is 1. The van der Waals surface area contributed by atoms with Gasteiger partial charge in [-0.15, -0.1) is 11.8 Å². The monoisotopic (exact) mass is 459 g/mol. The highest BCUT2D eigenvalue weighted by molar-refractivity contribution is 8.00. The molecule has 0 aromatic heterocycles. The van der Waals surface area contributed by atoms with Gasteiger partial charge >= 0.3 is 0 Å². The van der Waals surface area contributed by atoms with Gasteiger partial charge in [0, 0.05) is 43.3 Å². The number of hydrogen-bond donors (Lipinski definition) is 1. The summed E-state index contributed by atoms with van der Waals surface area (Å²) in [5.41, 5.74) is 2.69. The molecule has 0 spiro atoms. The van der Waals surface area contributed by atoms with Crippen molar-refractivity contribution in [1.29, 1.82) is 0 Å². The molecule has 1 atom stereocenters. The standard InChI is InChI=1S/C23H26ClN3O3S/c24-20-7-1-17(2-8-20)15-27-21(28)16-31-23(27)19-5-3-18(4-6-19)22(29)25-9-10-26-11-13-30-14-12-26/h1-8,23H,9-16H2,(H,25,29). The van der Waals surface area contributed by atoms with Crippen molar-refractivity contribution in [3.05, 3.63) is 70.2 Å². The van der Waals surface area contributed by atoms with Gasteiger partial charge in [-0.1, -0.05) is 35.9 Å². The maximum absolute atomic E-state index is 12.5. The summed E-state index contributed by atoms with van der Waals surface area (Å²) in [5, 5.41) is 3.61. The molecule has 0 radical (unpaired) electrons. The second-order valence-electron chi connectivity index (χ2n) is 7.64. The van der Waals surface area contributed by atoms with Crippen LogP contribution in [-0.4, -0.2) is 66.8 Å². The van der Waals surface area contributed by atoms with Gasteiger partial charge in [-0.2, -0.15) is 0 Å². The van der Waals surface area contributed by atoms with Crippen LogP contribution in [0.4, 0.5) is 0 Å². The minimum atomic E-state index is -0.0759. The zero-order chi connectivity index (χ0) is 21.6. The molecule has 31 heavy (non-hydrogen) atoms. The zero-order valence-electron chi connectivity index (χ0n) is 17.3. The molecule has 2 aromatic rings. The normalized spacial score (nSPS) is 19.6. The third kappa shape index (κ3) is 5.80. The average molecular weight is 460 g/mol. The van der Waals surface area contributed by atoms with Crippen LogP contribution >= 0.6 is 23.4 Å². The quantitative estimate of drug-likeness (QED) is 0.689. The van der Waals surface area contributed by atoms with E-state index in [1.165, 1.54) is 0 Å². The fourth-order valence-electron chi connectivity index (χ4n) is 3.74. The number of rotatable bonds is 7. The Balaban J connectivity index is 1.34. The predicted molar refractivity (Wildman–Crippen MR) is 123 cm³/mol. The van der Waals surface area contributed by atoms with Gasteiger partial charge in [-0.3, -0.25) is 14.5 Å². The smallest absolute Gasteiger partial charge is 0.251 e. The summed E-state index contributed by atoms with van der Waals surface area (Å²) in [7, 11) is 0. The van der Waals surface area contributed by atoms with Crippen LogP contribution in [0.25, 0.3) is 0 Å². The maximum atomic E-state index is 12.5. The van der Waals surface area contributed by atoms with Crippen molar-refractivity contribution in [3.8, 4) is 0 Å². The number of carbonyl (C=O) groups is 2. The first-order valence-electron chi connectivity index (χ1n) is 10.4. The first-order chi connectivity index (χ1) is 15.1. The van der Waals surface area contributed by atoms with E-state index in [0.29, 0.717) is 29.4 Å². The fourth-order valence-corrected chi connectivity index (χ4v) is 5.06. The lowest BCUT2D eigenvalue weighted by atomic mass is 10.1. The second kappa shape index (κ2) is 10.5. The summed E-state index contributed by atoms with van der Waals surface area (Å²) in [6.07, 6.45) is 0. The Kier molecular flexibility index (Phi) is 7.50. The van der Waals surface area contributed by atoms with E-state index in [9.17, 15) is 9.59 Å². The Morgan fingerprint density at radius 3 is 2.52 bits per heavy atom. The van der Waals surface area contributed by atoms with E-state index in [0.717, 1.165) is 44.0 Å². The van der Waals surface area contributed by atoms with Gasteiger partial charge < -0.3 is 15.0 Å². The molecule has 2 aliphatic heterocycles. The Morgan fingerprint density at radius 1 is 1.10 bits per heavy atom. The highest BCUT2D eigenvalue weighted by atomic mass is 35.5. The van der Waals surface area contributed by atoms with E-state index in [2.05, 4.69) is 10.2 Å². The third-order valence-corrected chi connectivity index (χ3v) is 7.02. The first-order valence-corrected chi connectivity index (χ1v) is 11.9. The minimum Gasteiger partial charge on any atom is -0.379 e. The van der Waals surface area contributed by atoms with E-state index >= 15 is 0 Å². The number of carbonyl (C=O) groups excluding carboxylic acids is 2. The summed E-state index contributed by atoms with van der Waals surface area (Å²) in [4.78, 5) is 29.1. The summed E-state index contributed by atoms with van der Waals surface area (Å²) >= 11 is 7.58. The van der Waals surface area contributed by atoms with Crippen molar-refractivity contribution in [1.82, 2.24) is 15.1 Å². The second-order valence-corrected chi connectivity index (χ2v) is 9.15. The molecule has 8 heteroatoms. The van der Waals surface area contributed by atoms with Crippen molar-refractivity contribution in [2.45, 2.75) is 11.9 Å². The van der Waals surface area contributed by atoms with Gasteiger partial charge in [-0.05, 0) is 35.4 Å². The number of benzene rings is 2. The Morgan fingerprint density at radius 2 is 1.81 bits per heavy atom. The molecule has 2 aliphatic rings. The zero-order valence-corrected chi connectivity index (χ0v) is 18.8. The molecule has 2 saturated heterocycles. The molecule has 2 heterocycles. The molecule has 0 saturated carbocycles. The van der Waals surface area contributed by atoms with Crippen molar-refractivity contribution in [3.63, 3.8) is 0 Å². The predicted octanol–water partition coefficient (Wildman–Crippen LogP) is 3.18. The molecule has 164 valence electrons. The highest BCUT2D eigenvalue weighted by Gasteiger charge is 2.32. The van der Waals surface area contributed by atoms with E-state index in [1.54, 1.807) is 11.8 Å². The average Bonchev–Trinajstić information content (AvgIpc) is 3.16. The molecule has 2 aromatic carbocycles. The lowest BCUT2D eigenvalue weighted by molar-refractivity contribution is -0.128. The number of nitrogens with zero attached hydrogens (tertiary/aromatic N) is 2. The van der Waals surface area contributed by atoms with Crippen LogP contribution in [-0.2, 0) is 16.1 Å². The number of ether oxygens (including phenoxy) is 1. The van der Waals surface area contributed by atoms with Gasteiger partial charge in [0.05, 0.1) is 19.0 Å². The van der Waals surface area contributed by atoms with Gasteiger partial charge in [0.2, 0.25) is 5.91 Å². The number of halogens is 1. The van der Waals surface area contributed by atoms with E-state index in [1.807, 2.05) is 53.4 Å². The number of amides is 2. The number of thioether (sulfide) groups is 1. The van der Waals surface area contributed by atoms with Crippen LogP contribution in [0, 0.1) is 0 Å². The summed E-state index contributed by atoms with van der Waals surface area (Å²) in [6, 6.07) is 15.1. The van der Waals surface area contributed by atoms with Crippen LogP contribution in [0.1, 0.15) is 26.9 Å². The Hall–Kier alpha value is -2.06. The summed E-state index contributed by atoms with van der Waals surface area (Å²) in [6.45, 7) is 5.32. The molecular formula is C23H26ClN3O3S. The van der Waals surface area contributed by atoms with Crippen LogP contribution in [0.2, 0.25) is 5.02 Å². The molecular weight excluding hydrogens is 434 g/mol. The van der Waals surface area contributed by atoms with E-state index < -0.39 is 0 Å². The lowest BCUT2D eigenvalue weighted by Crippen LogP contribution is -2.41. The van der Waals surface area contributed by atoms with Gasteiger partial charge in [0.25, 0.3) is 5.91 Å². The molecule has 2 amide bonds. The maximum Gasteiger partial charge on any atom is 0.251 e. The lowest BCUT2D eigenvalue weighted by Gasteiger charge is -2.26. The highest BCUT2D eigenvalue weighted by Crippen LogP contribution is 2.39. The Labute approximate surface area is 191 Å². The molecule has 2 fully saturated rings. The third-order valence-electron chi connectivity index (χ3n) is 5.51. The van der Waals surface area contributed by atoms with Crippen LogP contribution in [0.5, 0.6) is 0 Å². The van der Waals surface area contributed by atoms with E-state index in [-0.39, 0.29) is 17.2 Å². The van der Waals surface area contributed by atoms with Gasteiger partial charge in [0.15, 0.2) is 0 Å². The topological polar surface area (TPSA) is 61.9 Å². The Bertz CT molecular complexity index is 901. The molecule has 4 rings (SSSR count). The number of nitrogens with one attached hydrogen (secondary N) is 1. The number of hydrogen-bond acceptors (Lipinski definition) is 5. The largest absolute Gasteiger partial charge is 0.379 e. The molecule has 0 bridgehead atoms. The SMILES string of the molecule is O=C(NCCN1CCOCC1)c1ccc(C2SCC(=O)N2Cc2ccc(Cl)cc2)cc1. The van der Waals surface area contributed by atoms with Crippen LogP contribution in [0.15, 0.2) is 48.5 Å². The van der Waals surface area contributed by atoms with Gasteiger partial charge in [-0.25, -0.2) is 0 Å². The van der Waals surface area contributed by atoms with Gasteiger partial charge in [0.1, 0.15) is 5.37 Å². The first kappa shape index (κ1) is 22.1. The van der Waals surface area contributed by atoms with Crippen LogP contribution < -0.4 is 5.32 Å². The molecule has 6 nitrogen and oxygen atoms in total. The minimum absolute atomic E-state index is 0.0541. The van der Waals surface area contributed by atoms with Crippen molar-refractivity contribution >= 4 is 35.2 Å². The molecule has 0 aliphatic carbocycles. The van der Waals surface area contributed by atoms with Crippen molar-refractivity contribution in [2.75, 3.05) is 45.1 Å². The van der Waals surface area contributed by atoms with E-state index in [4.69, 9.17) is 16.3 Å². The summed E-state index contributed by atoms with van der Waals surface area (Å²) in [5.74, 6) is 0.505. The van der Waals surface area contributed by atoms with Crippen molar-refractivity contribution in [2.24, 2.45) is 0 Å². The summed E-state index contributed by atoms with van der Waals surface area (Å²) < 4.78 is 5.34. The fraction of sp³-hybridized carbons (Fsp3) is 0.391.